The van der Waals surface area contributed by atoms with Crippen LogP contribution in [0.1, 0.15) is 30.2 Å². The molecule has 1 fully saturated rings. The first-order chi connectivity index (χ1) is 12.6. The lowest BCUT2D eigenvalue weighted by atomic mass is 9.90. The van der Waals surface area contributed by atoms with Crippen LogP contribution in [0.5, 0.6) is 0 Å². The van der Waals surface area contributed by atoms with Crippen LogP contribution < -0.4 is 5.32 Å². The van der Waals surface area contributed by atoms with Crippen LogP contribution in [-0.2, 0) is 6.42 Å². The molecule has 2 heterocycles. The number of hydrogen-bond donors (Lipinski definition) is 1. The Morgan fingerprint density at radius 3 is 2.54 bits per heavy atom. The predicted molar refractivity (Wildman–Crippen MR) is 103 cm³/mol. The van der Waals surface area contributed by atoms with Gasteiger partial charge in [0.15, 0.2) is 0 Å². The maximum Gasteiger partial charge on any atom is 0.317 e. The third-order valence-electron chi connectivity index (χ3n) is 5.21. The molecule has 1 aliphatic heterocycles. The Bertz CT molecular complexity index is 662. The van der Waals surface area contributed by atoms with E-state index in [0.717, 1.165) is 38.1 Å². The lowest BCUT2D eigenvalue weighted by Crippen LogP contribution is -2.46. The molecular formula is C21H29N3O2. The van der Waals surface area contributed by atoms with E-state index in [2.05, 4.69) is 40.5 Å². The van der Waals surface area contributed by atoms with Gasteiger partial charge in [-0.05, 0) is 57.0 Å². The summed E-state index contributed by atoms with van der Waals surface area (Å²) in [5.41, 5.74) is 1.39. The standard InChI is InChI=1S/C21H29N3O2/c1-23(2)19(20-9-6-14-26-20)16-22-21(25)24-12-10-18(11-13-24)15-17-7-4-3-5-8-17/h3-9,14,18-19H,10-13,15-16H2,1-2H3,(H,22,25). The van der Waals surface area contributed by atoms with Crippen LogP contribution in [0.25, 0.3) is 0 Å². The molecule has 1 N–H and O–H groups in total. The lowest BCUT2D eigenvalue weighted by Gasteiger charge is -2.33. The van der Waals surface area contributed by atoms with E-state index in [9.17, 15) is 4.79 Å². The summed E-state index contributed by atoms with van der Waals surface area (Å²) >= 11 is 0. The molecule has 3 rings (SSSR count). The van der Waals surface area contributed by atoms with Crippen LogP contribution in [0.15, 0.2) is 53.1 Å². The number of piperidine rings is 1. The molecule has 1 aromatic carbocycles. The van der Waals surface area contributed by atoms with Gasteiger partial charge in [0.25, 0.3) is 0 Å². The van der Waals surface area contributed by atoms with Gasteiger partial charge in [-0.1, -0.05) is 30.3 Å². The summed E-state index contributed by atoms with van der Waals surface area (Å²) in [5.74, 6) is 1.54. The highest BCUT2D eigenvalue weighted by atomic mass is 16.3. The molecule has 2 aromatic rings. The number of nitrogens with zero attached hydrogens (tertiary/aromatic N) is 2. The minimum absolute atomic E-state index is 0.0292. The summed E-state index contributed by atoms with van der Waals surface area (Å²) in [6, 6.07) is 14.5. The fourth-order valence-corrected chi connectivity index (χ4v) is 3.60. The first-order valence-electron chi connectivity index (χ1n) is 9.40. The van der Waals surface area contributed by atoms with Crippen molar-refractivity contribution in [3.8, 4) is 0 Å². The molecule has 0 aliphatic carbocycles. The number of nitrogens with one attached hydrogen (secondary N) is 1. The van der Waals surface area contributed by atoms with Gasteiger partial charge in [0.05, 0.1) is 12.3 Å². The van der Waals surface area contributed by atoms with Crippen molar-refractivity contribution in [2.75, 3.05) is 33.7 Å². The first kappa shape index (κ1) is 18.5. The molecule has 1 atom stereocenters. The van der Waals surface area contributed by atoms with Gasteiger partial charge in [-0.25, -0.2) is 4.79 Å². The molecular weight excluding hydrogens is 326 g/mol. The molecule has 0 saturated carbocycles. The monoisotopic (exact) mass is 355 g/mol. The average Bonchev–Trinajstić information content (AvgIpc) is 3.17. The van der Waals surface area contributed by atoms with Crippen LogP contribution >= 0.6 is 0 Å². The van der Waals surface area contributed by atoms with Crippen molar-refractivity contribution < 1.29 is 9.21 Å². The van der Waals surface area contributed by atoms with Gasteiger partial charge in [-0.2, -0.15) is 0 Å². The van der Waals surface area contributed by atoms with Crippen molar-refractivity contribution >= 4 is 6.03 Å². The Hall–Kier alpha value is -2.27. The minimum atomic E-state index is 0.0292. The highest BCUT2D eigenvalue weighted by Crippen LogP contribution is 2.22. The third-order valence-corrected chi connectivity index (χ3v) is 5.21. The van der Waals surface area contributed by atoms with E-state index in [1.165, 1.54) is 5.56 Å². The Labute approximate surface area is 156 Å². The minimum Gasteiger partial charge on any atom is -0.468 e. The van der Waals surface area contributed by atoms with Crippen LogP contribution in [0, 0.1) is 5.92 Å². The predicted octanol–water partition coefficient (Wildman–Crippen LogP) is 3.55. The van der Waals surface area contributed by atoms with E-state index >= 15 is 0 Å². The highest BCUT2D eigenvalue weighted by Gasteiger charge is 2.24. The zero-order chi connectivity index (χ0) is 18.4. The van der Waals surface area contributed by atoms with Crippen LogP contribution in [0.2, 0.25) is 0 Å². The van der Waals surface area contributed by atoms with Crippen molar-refractivity contribution in [2.24, 2.45) is 5.92 Å². The summed E-state index contributed by atoms with van der Waals surface area (Å²) in [5, 5.41) is 3.07. The number of likely N-dealkylation sites (tertiary alicyclic amines) is 1. The Balaban J connectivity index is 1.45. The summed E-state index contributed by atoms with van der Waals surface area (Å²) in [6.07, 6.45) is 4.91. The molecule has 26 heavy (non-hydrogen) atoms. The summed E-state index contributed by atoms with van der Waals surface area (Å²) in [4.78, 5) is 16.5. The van der Waals surface area contributed by atoms with Gasteiger partial charge < -0.3 is 14.6 Å². The molecule has 1 saturated heterocycles. The molecule has 1 aromatic heterocycles. The fraction of sp³-hybridized carbons (Fsp3) is 0.476. The number of amides is 2. The molecule has 2 amide bonds. The normalized spacial score (nSPS) is 16.7. The third kappa shape index (κ3) is 4.88. The Kier molecular flexibility index (Phi) is 6.34. The van der Waals surface area contributed by atoms with Gasteiger partial charge in [-0.15, -0.1) is 0 Å². The van der Waals surface area contributed by atoms with E-state index in [1.807, 2.05) is 31.1 Å². The van der Waals surface area contributed by atoms with Gasteiger partial charge in [0, 0.05) is 19.6 Å². The molecule has 0 radical (unpaired) electrons. The van der Waals surface area contributed by atoms with E-state index in [0.29, 0.717) is 12.5 Å². The first-order valence-corrected chi connectivity index (χ1v) is 9.40. The van der Waals surface area contributed by atoms with Crippen molar-refractivity contribution in [2.45, 2.75) is 25.3 Å². The number of likely N-dealkylation sites (N-methyl/N-ethyl adjacent to an activating group) is 1. The second-order valence-corrected chi connectivity index (χ2v) is 7.30. The lowest BCUT2D eigenvalue weighted by molar-refractivity contribution is 0.165. The van der Waals surface area contributed by atoms with Gasteiger partial charge in [0.2, 0.25) is 0 Å². The van der Waals surface area contributed by atoms with Gasteiger partial charge in [0.1, 0.15) is 5.76 Å². The maximum absolute atomic E-state index is 12.5. The highest BCUT2D eigenvalue weighted by molar-refractivity contribution is 5.74. The van der Waals surface area contributed by atoms with Crippen LogP contribution in [-0.4, -0.2) is 49.6 Å². The quantitative estimate of drug-likeness (QED) is 0.862. The van der Waals surface area contributed by atoms with Crippen molar-refractivity contribution in [1.82, 2.24) is 15.1 Å². The van der Waals surface area contributed by atoms with E-state index in [4.69, 9.17) is 4.42 Å². The Morgan fingerprint density at radius 2 is 1.92 bits per heavy atom. The van der Waals surface area contributed by atoms with Gasteiger partial charge in [-0.3, -0.25) is 4.90 Å². The van der Waals surface area contributed by atoms with E-state index in [-0.39, 0.29) is 12.1 Å². The number of benzene rings is 1. The number of hydrogen-bond acceptors (Lipinski definition) is 3. The van der Waals surface area contributed by atoms with Crippen molar-refractivity contribution in [3.05, 3.63) is 60.1 Å². The Morgan fingerprint density at radius 1 is 1.19 bits per heavy atom. The number of furan rings is 1. The molecule has 140 valence electrons. The summed E-state index contributed by atoms with van der Waals surface area (Å²) in [6.45, 7) is 2.21. The van der Waals surface area contributed by atoms with Crippen molar-refractivity contribution in [3.63, 3.8) is 0 Å². The molecule has 0 bridgehead atoms. The van der Waals surface area contributed by atoms with Gasteiger partial charge >= 0.3 is 6.03 Å². The second kappa shape index (κ2) is 8.90. The fourth-order valence-electron chi connectivity index (χ4n) is 3.60. The molecule has 1 unspecified atom stereocenters. The number of carbonyl (C=O) groups is 1. The summed E-state index contributed by atoms with van der Waals surface area (Å²) < 4.78 is 5.50. The summed E-state index contributed by atoms with van der Waals surface area (Å²) in [7, 11) is 3.99. The zero-order valence-corrected chi connectivity index (χ0v) is 15.7. The molecule has 0 spiro atoms. The maximum atomic E-state index is 12.5. The van der Waals surface area contributed by atoms with Crippen LogP contribution in [0.3, 0.4) is 0 Å². The largest absolute Gasteiger partial charge is 0.468 e. The molecule has 5 nitrogen and oxygen atoms in total. The molecule has 1 aliphatic rings. The zero-order valence-electron chi connectivity index (χ0n) is 15.7. The smallest absolute Gasteiger partial charge is 0.317 e. The van der Waals surface area contributed by atoms with E-state index in [1.54, 1.807) is 6.26 Å². The number of rotatable bonds is 6. The average molecular weight is 355 g/mol. The van der Waals surface area contributed by atoms with Crippen LogP contribution in [0.4, 0.5) is 4.79 Å². The SMILES string of the molecule is CN(C)C(CNC(=O)N1CCC(Cc2ccccc2)CC1)c1ccco1. The second-order valence-electron chi connectivity index (χ2n) is 7.30. The van der Waals surface area contributed by atoms with E-state index < -0.39 is 0 Å². The number of carbonyl (C=O) groups excluding carboxylic acids is 1. The topological polar surface area (TPSA) is 48.7 Å². The number of urea groups is 1. The van der Waals surface area contributed by atoms with Crippen molar-refractivity contribution in [1.29, 1.82) is 0 Å². The molecule has 5 heteroatoms.